The van der Waals surface area contributed by atoms with Crippen molar-refractivity contribution in [2.75, 3.05) is 27.4 Å². The number of methoxy groups -OCH3 is 2. The molecule has 0 fully saturated rings. The predicted octanol–water partition coefficient (Wildman–Crippen LogP) is 5.74. The minimum atomic E-state index is -0.528. The number of hydrogen-bond donors (Lipinski definition) is 0. The number of unbranched alkanes of at least 4 members (excludes halogenated alkanes) is 2. The van der Waals surface area contributed by atoms with Gasteiger partial charge in [-0.1, -0.05) is 11.8 Å². The van der Waals surface area contributed by atoms with Gasteiger partial charge in [0.25, 0.3) is 5.24 Å². The van der Waals surface area contributed by atoms with Gasteiger partial charge < -0.3 is 18.9 Å². The number of ether oxygens (including phenoxy) is 4. The molecule has 0 bridgehead atoms. The fourth-order valence-electron chi connectivity index (χ4n) is 2.80. The van der Waals surface area contributed by atoms with Crippen LogP contribution in [0.25, 0.3) is 0 Å². The largest absolute Gasteiger partial charge is 0.497 e. The molecular weight excluding hydrogens is 440 g/mol. The molecule has 0 aromatic heterocycles. The molecule has 0 radical (unpaired) electrons. The van der Waals surface area contributed by atoms with Crippen LogP contribution in [-0.4, -0.2) is 38.6 Å². The highest BCUT2D eigenvalue weighted by molar-refractivity contribution is 7.99. The fraction of sp³-hybridized carbons (Fsp3) is 0.391. The molecule has 2 aromatic carbocycles. The van der Waals surface area contributed by atoms with Gasteiger partial charge in [-0.2, -0.15) is 0 Å². The number of hydrogen-bond acceptors (Lipinski definition) is 7. The molecule has 0 heterocycles. The van der Waals surface area contributed by atoms with Gasteiger partial charge in [0.15, 0.2) is 11.5 Å². The van der Waals surface area contributed by atoms with Gasteiger partial charge in [0.2, 0.25) is 0 Å². The van der Waals surface area contributed by atoms with Crippen molar-refractivity contribution in [1.82, 2.24) is 0 Å². The molecule has 0 aliphatic carbocycles. The molecule has 0 N–H and O–H groups in total. The lowest BCUT2D eigenvalue weighted by Crippen LogP contribution is -2.04. The van der Waals surface area contributed by atoms with Gasteiger partial charge >= 0.3 is 5.97 Å². The molecule has 0 saturated heterocycles. The lowest BCUT2D eigenvalue weighted by molar-refractivity contribution is -0.143. The highest BCUT2D eigenvalue weighted by atomic mass is 35.5. The van der Waals surface area contributed by atoms with E-state index in [1.54, 1.807) is 39.3 Å². The third-order valence-corrected chi connectivity index (χ3v) is 5.60. The first-order valence-electron chi connectivity index (χ1n) is 10.0. The van der Waals surface area contributed by atoms with E-state index in [4.69, 9.17) is 30.5 Å². The summed E-state index contributed by atoms with van der Waals surface area (Å²) in [5, 5.41) is -0.528. The lowest BCUT2D eigenvalue weighted by atomic mass is 10.2. The van der Waals surface area contributed by atoms with Gasteiger partial charge in [0.1, 0.15) is 5.75 Å². The van der Waals surface area contributed by atoms with Crippen LogP contribution >= 0.6 is 23.4 Å². The van der Waals surface area contributed by atoms with E-state index < -0.39 is 5.24 Å². The van der Waals surface area contributed by atoms with Crippen molar-refractivity contribution in [3.63, 3.8) is 0 Å². The van der Waals surface area contributed by atoms with E-state index in [-0.39, 0.29) is 5.97 Å². The van der Waals surface area contributed by atoms with Gasteiger partial charge in [-0.25, -0.2) is 0 Å². The third-order valence-electron chi connectivity index (χ3n) is 4.35. The van der Waals surface area contributed by atoms with E-state index in [0.29, 0.717) is 47.3 Å². The van der Waals surface area contributed by atoms with Crippen molar-refractivity contribution in [3.8, 4) is 17.2 Å². The topological polar surface area (TPSA) is 71.1 Å². The Balaban J connectivity index is 1.96. The van der Waals surface area contributed by atoms with Crippen molar-refractivity contribution in [2.24, 2.45) is 0 Å². The number of carbonyl (C=O) groups is 2. The predicted molar refractivity (Wildman–Crippen MR) is 121 cm³/mol. The molecule has 0 saturated carbocycles. The first-order chi connectivity index (χ1) is 15.0. The number of halogens is 1. The molecular formula is C23H27ClO6S. The summed E-state index contributed by atoms with van der Waals surface area (Å²) >= 11 is 7.10. The van der Waals surface area contributed by atoms with Gasteiger partial charge in [-0.3, -0.25) is 9.59 Å². The molecule has 8 heteroatoms. The first-order valence-corrected chi connectivity index (χ1v) is 11.2. The molecule has 0 aliphatic rings. The van der Waals surface area contributed by atoms with Crippen LogP contribution in [-0.2, 0) is 9.53 Å². The van der Waals surface area contributed by atoms with Gasteiger partial charge in [-0.15, -0.1) is 0 Å². The fourth-order valence-corrected chi connectivity index (χ4v) is 4.02. The average molecular weight is 467 g/mol. The second-order valence-electron chi connectivity index (χ2n) is 6.51. The van der Waals surface area contributed by atoms with E-state index in [0.717, 1.165) is 24.2 Å². The van der Waals surface area contributed by atoms with Crippen molar-refractivity contribution in [3.05, 3.63) is 42.0 Å². The maximum atomic E-state index is 11.7. The summed E-state index contributed by atoms with van der Waals surface area (Å²) in [6.45, 7) is 2.74. The molecule has 2 rings (SSSR count). The van der Waals surface area contributed by atoms with E-state index >= 15 is 0 Å². The van der Waals surface area contributed by atoms with Crippen LogP contribution < -0.4 is 14.2 Å². The Morgan fingerprint density at radius 1 is 0.968 bits per heavy atom. The summed E-state index contributed by atoms with van der Waals surface area (Å²) in [5.41, 5.74) is 0.412. The Labute approximate surface area is 192 Å². The Hall–Kier alpha value is -2.38. The van der Waals surface area contributed by atoms with Crippen molar-refractivity contribution in [2.45, 2.75) is 42.4 Å². The summed E-state index contributed by atoms with van der Waals surface area (Å²) in [6, 6.07) is 10.7. The van der Waals surface area contributed by atoms with Crippen molar-refractivity contribution in [1.29, 1.82) is 0 Å². The molecule has 0 atom stereocenters. The SMILES string of the molecule is CCOC(=O)CCCCCOc1ccc(Sc2cc(OC)ccc2C(=O)Cl)cc1OC. The van der Waals surface area contributed by atoms with E-state index in [2.05, 4.69) is 0 Å². The summed E-state index contributed by atoms with van der Waals surface area (Å²) in [7, 11) is 3.15. The molecule has 0 unspecified atom stereocenters. The maximum absolute atomic E-state index is 11.7. The highest BCUT2D eigenvalue weighted by Gasteiger charge is 2.14. The maximum Gasteiger partial charge on any atom is 0.305 e. The van der Waals surface area contributed by atoms with E-state index in [1.165, 1.54) is 11.8 Å². The van der Waals surface area contributed by atoms with Crippen LogP contribution in [0, 0.1) is 0 Å². The van der Waals surface area contributed by atoms with Crippen LogP contribution in [0.2, 0.25) is 0 Å². The zero-order chi connectivity index (χ0) is 22.6. The molecule has 0 spiro atoms. The molecule has 2 aromatic rings. The van der Waals surface area contributed by atoms with Crippen molar-refractivity contribution < 1.29 is 28.5 Å². The van der Waals surface area contributed by atoms with Crippen LogP contribution in [0.3, 0.4) is 0 Å². The van der Waals surface area contributed by atoms with Gasteiger partial charge in [0, 0.05) is 21.8 Å². The Morgan fingerprint density at radius 2 is 1.77 bits per heavy atom. The molecule has 0 amide bonds. The number of rotatable bonds is 13. The number of esters is 1. The summed E-state index contributed by atoms with van der Waals surface area (Å²) in [4.78, 5) is 24.6. The Kier molecular flexibility index (Phi) is 10.5. The van der Waals surface area contributed by atoms with E-state index in [9.17, 15) is 9.59 Å². The van der Waals surface area contributed by atoms with Gasteiger partial charge in [-0.05, 0) is 74.2 Å². The van der Waals surface area contributed by atoms with Crippen LogP contribution in [0.5, 0.6) is 17.2 Å². The van der Waals surface area contributed by atoms with E-state index in [1.807, 2.05) is 18.2 Å². The lowest BCUT2D eigenvalue weighted by Gasteiger charge is -2.13. The zero-order valence-electron chi connectivity index (χ0n) is 17.9. The summed E-state index contributed by atoms with van der Waals surface area (Å²) < 4.78 is 21.5. The average Bonchev–Trinajstić information content (AvgIpc) is 2.76. The number of carbonyl (C=O) groups excluding carboxylic acids is 2. The second-order valence-corrected chi connectivity index (χ2v) is 7.97. The summed E-state index contributed by atoms with van der Waals surface area (Å²) in [6.07, 6.45) is 2.90. The molecule has 31 heavy (non-hydrogen) atoms. The minimum absolute atomic E-state index is 0.159. The smallest absolute Gasteiger partial charge is 0.305 e. The highest BCUT2D eigenvalue weighted by Crippen LogP contribution is 2.38. The minimum Gasteiger partial charge on any atom is -0.497 e. The van der Waals surface area contributed by atoms with Crippen LogP contribution in [0.1, 0.15) is 43.0 Å². The normalized spacial score (nSPS) is 10.5. The Morgan fingerprint density at radius 3 is 2.45 bits per heavy atom. The number of benzene rings is 2. The molecule has 168 valence electrons. The van der Waals surface area contributed by atoms with Crippen LogP contribution in [0.15, 0.2) is 46.2 Å². The Bertz CT molecular complexity index is 886. The molecule has 0 aliphatic heterocycles. The monoisotopic (exact) mass is 466 g/mol. The van der Waals surface area contributed by atoms with Crippen LogP contribution in [0.4, 0.5) is 0 Å². The quantitative estimate of drug-likeness (QED) is 0.212. The third kappa shape index (κ3) is 7.99. The first kappa shape index (κ1) is 24.9. The van der Waals surface area contributed by atoms with Crippen molar-refractivity contribution >= 4 is 34.6 Å². The zero-order valence-corrected chi connectivity index (χ0v) is 19.5. The second kappa shape index (κ2) is 13.1. The standard InChI is InChI=1S/C23H27ClO6S/c1-4-29-22(25)8-6-5-7-13-30-19-12-10-17(15-20(19)28-3)31-21-14-16(27-2)9-11-18(21)23(24)26/h9-12,14-15H,4-8,13H2,1-3H3. The summed E-state index contributed by atoms with van der Waals surface area (Å²) in [5.74, 6) is 1.71. The van der Waals surface area contributed by atoms with Gasteiger partial charge in [0.05, 0.1) is 27.4 Å². The molecule has 6 nitrogen and oxygen atoms in total.